The lowest BCUT2D eigenvalue weighted by Crippen LogP contribution is -2.48. The molecular weight excluding hydrogens is 589 g/mol. The molecular formula is C27H34FN5O7S2. The van der Waals surface area contributed by atoms with Gasteiger partial charge in [0.25, 0.3) is 20.0 Å². The van der Waals surface area contributed by atoms with E-state index >= 15 is 0 Å². The lowest BCUT2D eigenvalue weighted by molar-refractivity contribution is -0.134. The van der Waals surface area contributed by atoms with E-state index in [0.717, 1.165) is 28.6 Å². The normalized spacial score (nSPS) is 18.9. The number of halogens is 1. The molecule has 0 aliphatic carbocycles. The number of anilines is 1. The summed E-state index contributed by atoms with van der Waals surface area (Å²) in [6.45, 7) is 3.34. The first-order valence-corrected chi connectivity index (χ1v) is 16.1. The van der Waals surface area contributed by atoms with Crippen molar-refractivity contribution in [2.24, 2.45) is 13.0 Å². The first-order chi connectivity index (χ1) is 19.7. The van der Waals surface area contributed by atoms with Crippen LogP contribution in [0.4, 0.5) is 10.1 Å². The Morgan fingerprint density at radius 3 is 2.50 bits per heavy atom. The van der Waals surface area contributed by atoms with Crippen LogP contribution in [0.25, 0.3) is 0 Å². The maximum absolute atomic E-state index is 13.4. The maximum Gasteiger partial charge on any atom is 0.261 e. The average Bonchev–Trinajstić information content (AvgIpc) is 3.39. The smallest absolute Gasteiger partial charge is 0.261 e. The van der Waals surface area contributed by atoms with Gasteiger partial charge in [-0.15, -0.1) is 0 Å². The van der Waals surface area contributed by atoms with E-state index in [1.165, 1.54) is 47.2 Å². The molecule has 2 N–H and O–H groups in total. The Labute approximate surface area is 244 Å². The number of rotatable bonds is 9. The maximum atomic E-state index is 13.4. The Bertz CT molecular complexity index is 1650. The fourth-order valence-corrected chi connectivity index (χ4v) is 6.76. The van der Waals surface area contributed by atoms with Crippen molar-refractivity contribution in [2.75, 3.05) is 31.5 Å². The minimum atomic E-state index is -4.07. The molecule has 3 atom stereocenters. The van der Waals surface area contributed by atoms with Crippen LogP contribution < -0.4 is 9.46 Å². The Balaban J connectivity index is 1.68. The molecule has 228 valence electrons. The number of amides is 1. The lowest BCUT2D eigenvalue weighted by atomic mass is 10.0. The number of benzene rings is 2. The number of aryl methyl sites for hydroxylation is 1. The number of aliphatic hydroxyl groups excluding tert-OH is 1. The predicted octanol–water partition coefficient (Wildman–Crippen LogP) is 1.83. The van der Waals surface area contributed by atoms with Crippen molar-refractivity contribution < 1.29 is 35.9 Å². The van der Waals surface area contributed by atoms with Crippen LogP contribution in [0.15, 0.2) is 64.9 Å². The molecule has 42 heavy (non-hydrogen) atoms. The molecule has 0 saturated carbocycles. The van der Waals surface area contributed by atoms with E-state index in [0.29, 0.717) is 5.56 Å². The van der Waals surface area contributed by atoms with Crippen LogP contribution in [0.2, 0.25) is 0 Å². The number of carbonyl (C=O) groups excluding carboxylic acids is 1. The van der Waals surface area contributed by atoms with E-state index in [9.17, 15) is 31.1 Å². The van der Waals surface area contributed by atoms with Crippen LogP contribution in [0.3, 0.4) is 0 Å². The Kier molecular flexibility index (Phi) is 9.25. The molecule has 0 saturated heterocycles. The molecule has 1 aliphatic rings. The molecule has 2 aromatic carbocycles. The summed E-state index contributed by atoms with van der Waals surface area (Å²) < 4.78 is 76.9. The van der Waals surface area contributed by atoms with Gasteiger partial charge in [0, 0.05) is 44.0 Å². The second kappa shape index (κ2) is 12.4. The third kappa shape index (κ3) is 6.91. The van der Waals surface area contributed by atoms with Crippen molar-refractivity contribution in [1.82, 2.24) is 18.8 Å². The second-order valence-electron chi connectivity index (χ2n) is 10.4. The van der Waals surface area contributed by atoms with Gasteiger partial charge >= 0.3 is 0 Å². The number of sulfonamides is 2. The zero-order valence-electron chi connectivity index (χ0n) is 23.6. The molecule has 2 heterocycles. The summed E-state index contributed by atoms with van der Waals surface area (Å²) in [7, 11) is -4.94. The van der Waals surface area contributed by atoms with Crippen LogP contribution in [-0.2, 0) is 38.3 Å². The molecule has 0 spiro atoms. The Morgan fingerprint density at radius 2 is 1.88 bits per heavy atom. The van der Waals surface area contributed by atoms with Crippen molar-refractivity contribution in [1.29, 1.82) is 0 Å². The second-order valence-corrected chi connectivity index (χ2v) is 14.1. The molecule has 0 unspecified atom stereocenters. The first kappa shape index (κ1) is 31.4. The van der Waals surface area contributed by atoms with Crippen LogP contribution in [0, 0.1) is 11.7 Å². The highest BCUT2D eigenvalue weighted by molar-refractivity contribution is 7.92. The lowest BCUT2D eigenvalue weighted by Gasteiger charge is -2.33. The van der Waals surface area contributed by atoms with E-state index in [-0.39, 0.29) is 59.3 Å². The molecule has 1 aliphatic heterocycles. The SMILES string of the molecule is C[C@H]1CN([C@@H](C)CO)C(=O)Cc2cc(NS(=O)(=O)c3ccc(F)cc3)ccc2O[C@H]1CN(C)S(=O)(=O)c1cn(C)cn1. The zero-order valence-corrected chi connectivity index (χ0v) is 25.3. The minimum absolute atomic E-state index is 0.0754. The van der Waals surface area contributed by atoms with Crippen molar-refractivity contribution in [3.63, 3.8) is 0 Å². The number of aliphatic hydroxyl groups is 1. The molecule has 0 radical (unpaired) electrons. The summed E-state index contributed by atoms with van der Waals surface area (Å²) in [6.07, 6.45) is 1.89. The summed E-state index contributed by atoms with van der Waals surface area (Å²) in [5.74, 6) is -0.980. The molecule has 12 nitrogen and oxygen atoms in total. The Morgan fingerprint density at radius 1 is 1.19 bits per heavy atom. The van der Waals surface area contributed by atoms with Gasteiger partial charge in [-0.05, 0) is 49.4 Å². The number of likely N-dealkylation sites (N-methyl/N-ethyl adjacent to an activating group) is 1. The molecule has 0 bridgehead atoms. The average molecular weight is 624 g/mol. The zero-order chi connectivity index (χ0) is 30.8. The summed E-state index contributed by atoms with van der Waals surface area (Å²) >= 11 is 0. The van der Waals surface area contributed by atoms with E-state index in [1.54, 1.807) is 14.0 Å². The number of nitrogens with zero attached hydrogens (tertiary/aromatic N) is 4. The van der Waals surface area contributed by atoms with Gasteiger partial charge in [-0.2, -0.15) is 4.31 Å². The van der Waals surface area contributed by atoms with Crippen molar-refractivity contribution in [3.05, 3.63) is 66.4 Å². The fourth-order valence-electron chi connectivity index (χ4n) is 4.57. The quantitative estimate of drug-likeness (QED) is 0.367. The standard InChI is InChI=1S/C27H34FN5O7S2/c1-18-13-33(19(2)16-34)27(35)12-20-11-22(30-41(36,37)23-8-5-21(28)6-9-23)7-10-24(20)40-25(18)14-32(4)42(38,39)26-15-31(3)17-29-26/h5-11,15,17-19,25,30,34H,12-14,16H2,1-4H3/t18-,19-,25-/m0/s1. The van der Waals surface area contributed by atoms with Crippen LogP contribution >= 0.6 is 0 Å². The molecule has 0 fully saturated rings. The van der Waals surface area contributed by atoms with Gasteiger partial charge in [-0.3, -0.25) is 9.52 Å². The fraction of sp³-hybridized carbons (Fsp3) is 0.407. The van der Waals surface area contributed by atoms with Gasteiger partial charge in [-0.1, -0.05) is 6.92 Å². The number of ether oxygens (including phenoxy) is 1. The number of imidazole rings is 1. The van der Waals surface area contributed by atoms with E-state index in [2.05, 4.69) is 9.71 Å². The Hall–Kier alpha value is -3.53. The molecule has 15 heteroatoms. The van der Waals surface area contributed by atoms with Gasteiger partial charge in [-0.25, -0.2) is 26.2 Å². The van der Waals surface area contributed by atoms with Crippen molar-refractivity contribution >= 4 is 31.6 Å². The van der Waals surface area contributed by atoms with Gasteiger partial charge in [0.2, 0.25) is 5.91 Å². The van der Waals surface area contributed by atoms with Crippen LogP contribution in [0.5, 0.6) is 5.75 Å². The predicted molar refractivity (Wildman–Crippen MR) is 152 cm³/mol. The highest BCUT2D eigenvalue weighted by Gasteiger charge is 2.34. The van der Waals surface area contributed by atoms with E-state index in [1.807, 2.05) is 6.92 Å². The number of aromatic nitrogens is 2. The van der Waals surface area contributed by atoms with Gasteiger partial charge < -0.3 is 19.3 Å². The highest BCUT2D eigenvalue weighted by atomic mass is 32.2. The first-order valence-electron chi connectivity index (χ1n) is 13.1. The number of hydrogen-bond donors (Lipinski definition) is 2. The summed E-state index contributed by atoms with van der Waals surface area (Å²) in [4.78, 5) is 18.8. The number of nitrogens with one attached hydrogen (secondary N) is 1. The third-order valence-electron chi connectivity index (χ3n) is 7.09. The molecule has 4 rings (SSSR count). The molecule has 3 aromatic rings. The highest BCUT2D eigenvalue weighted by Crippen LogP contribution is 2.30. The summed E-state index contributed by atoms with van der Waals surface area (Å²) in [6, 6.07) is 8.27. The number of hydrogen-bond acceptors (Lipinski definition) is 8. The topological polar surface area (TPSA) is 151 Å². The van der Waals surface area contributed by atoms with E-state index in [4.69, 9.17) is 4.74 Å². The number of fused-ring (bicyclic) bond motifs is 1. The van der Waals surface area contributed by atoms with Gasteiger partial charge in [0.05, 0.1) is 36.8 Å². The van der Waals surface area contributed by atoms with E-state index < -0.39 is 38.0 Å². The molecule has 1 aromatic heterocycles. The van der Waals surface area contributed by atoms with Gasteiger partial charge in [0.15, 0.2) is 5.03 Å². The van der Waals surface area contributed by atoms with Crippen molar-refractivity contribution in [2.45, 2.75) is 42.3 Å². The third-order valence-corrected chi connectivity index (χ3v) is 10.2. The largest absolute Gasteiger partial charge is 0.488 e. The monoisotopic (exact) mass is 623 g/mol. The number of carbonyl (C=O) groups is 1. The van der Waals surface area contributed by atoms with Gasteiger partial charge in [0.1, 0.15) is 17.7 Å². The summed E-state index contributed by atoms with van der Waals surface area (Å²) in [5, 5.41) is 9.72. The molecule has 1 amide bonds. The van der Waals surface area contributed by atoms with Crippen molar-refractivity contribution in [3.8, 4) is 5.75 Å². The van der Waals surface area contributed by atoms with Crippen LogP contribution in [0.1, 0.15) is 19.4 Å². The van der Waals surface area contributed by atoms with Crippen LogP contribution in [-0.4, -0.2) is 85.5 Å². The minimum Gasteiger partial charge on any atom is -0.488 e. The summed E-state index contributed by atoms with van der Waals surface area (Å²) in [5.41, 5.74) is 0.513.